The van der Waals surface area contributed by atoms with Crippen LogP contribution >= 0.6 is 0 Å². The topological polar surface area (TPSA) is 41.6 Å². The maximum absolute atomic E-state index is 11.8. The number of ketones is 1. The standard InChI is InChI=1S/C19H36N2O2/c1-6-19(4,5)20-15-11-17(12-15)23-16-7-9-21(10-8-16)13-18(22)14(2)3/h14-17,20H,6-13H2,1-5H3. The molecule has 2 rings (SSSR count). The fourth-order valence-corrected chi connectivity index (χ4v) is 3.33. The maximum Gasteiger partial charge on any atom is 0.149 e. The van der Waals surface area contributed by atoms with E-state index in [9.17, 15) is 4.79 Å². The fraction of sp³-hybridized carbons (Fsp3) is 0.947. The number of likely N-dealkylation sites (tertiary alicyclic amines) is 1. The van der Waals surface area contributed by atoms with Gasteiger partial charge in [0.2, 0.25) is 0 Å². The van der Waals surface area contributed by atoms with Gasteiger partial charge in [0.15, 0.2) is 0 Å². The van der Waals surface area contributed by atoms with Crippen LogP contribution in [0.2, 0.25) is 0 Å². The quantitative estimate of drug-likeness (QED) is 0.745. The average molecular weight is 325 g/mol. The van der Waals surface area contributed by atoms with Crippen molar-refractivity contribution in [2.45, 2.75) is 90.5 Å². The minimum absolute atomic E-state index is 0.149. The van der Waals surface area contributed by atoms with Crippen LogP contribution in [0.25, 0.3) is 0 Å². The van der Waals surface area contributed by atoms with E-state index in [0.717, 1.165) is 45.2 Å². The smallest absolute Gasteiger partial charge is 0.149 e. The molecule has 134 valence electrons. The lowest BCUT2D eigenvalue weighted by atomic mass is 9.86. The minimum atomic E-state index is 0.149. The molecule has 1 aliphatic carbocycles. The molecule has 1 saturated carbocycles. The Bertz CT molecular complexity index is 381. The summed E-state index contributed by atoms with van der Waals surface area (Å²) >= 11 is 0. The third-order valence-electron chi connectivity index (χ3n) is 5.52. The van der Waals surface area contributed by atoms with Crippen molar-refractivity contribution in [1.29, 1.82) is 0 Å². The monoisotopic (exact) mass is 324 g/mol. The minimum Gasteiger partial charge on any atom is -0.375 e. The molecule has 0 aromatic rings. The number of Topliss-reactive ketones (excluding diaryl/α,β-unsaturated/α-hetero) is 1. The molecule has 2 fully saturated rings. The van der Waals surface area contributed by atoms with Crippen LogP contribution in [0.4, 0.5) is 0 Å². The molecule has 1 aliphatic heterocycles. The van der Waals surface area contributed by atoms with E-state index >= 15 is 0 Å². The van der Waals surface area contributed by atoms with Crippen LogP contribution in [0.3, 0.4) is 0 Å². The van der Waals surface area contributed by atoms with Gasteiger partial charge in [0.25, 0.3) is 0 Å². The van der Waals surface area contributed by atoms with E-state index in [-0.39, 0.29) is 11.5 Å². The molecule has 0 unspecified atom stereocenters. The van der Waals surface area contributed by atoms with Gasteiger partial charge in [-0.2, -0.15) is 0 Å². The van der Waals surface area contributed by atoms with Gasteiger partial charge >= 0.3 is 0 Å². The molecule has 4 heteroatoms. The first kappa shape index (κ1) is 18.9. The number of carbonyl (C=O) groups is 1. The van der Waals surface area contributed by atoms with Gasteiger partial charge in [-0.1, -0.05) is 20.8 Å². The molecular formula is C19H36N2O2. The van der Waals surface area contributed by atoms with Gasteiger partial charge in [0, 0.05) is 30.6 Å². The number of carbonyl (C=O) groups excluding carboxylic acids is 1. The molecule has 1 N–H and O–H groups in total. The van der Waals surface area contributed by atoms with Gasteiger partial charge in [-0.3, -0.25) is 9.69 Å². The molecule has 1 saturated heterocycles. The van der Waals surface area contributed by atoms with Crippen LogP contribution in [0, 0.1) is 5.92 Å². The fourth-order valence-electron chi connectivity index (χ4n) is 3.33. The normalized spacial score (nSPS) is 27.2. The van der Waals surface area contributed by atoms with E-state index in [1.807, 2.05) is 13.8 Å². The van der Waals surface area contributed by atoms with Gasteiger partial charge in [0.1, 0.15) is 5.78 Å². The van der Waals surface area contributed by atoms with Crippen molar-refractivity contribution >= 4 is 5.78 Å². The van der Waals surface area contributed by atoms with Crippen LogP contribution < -0.4 is 5.32 Å². The summed E-state index contributed by atoms with van der Waals surface area (Å²) < 4.78 is 6.25. The molecule has 0 amide bonds. The molecule has 0 atom stereocenters. The van der Waals surface area contributed by atoms with Crippen molar-refractivity contribution in [2.75, 3.05) is 19.6 Å². The van der Waals surface area contributed by atoms with E-state index in [2.05, 4.69) is 31.0 Å². The molecule has 0 aromatic heterocycles. The predicted molar refractivity (Wildman–Crippen MR) is 94.7 cm³/mol. The lowest BCUT2D eigenvalue weighted by molar-refractivity contribution is -0.124. The van der Waals surface area contributed by atoms with Gasteiger partial charge < -0.3 is 10.1 Å². The highest BCUT2D eigenvalue weighted by atomic mass is 16.5. The predicted octanol–water partition coefficient (Wildman–Crippen LogP) is 3.00. The first-order valence-corrected chi connectivity index (χ1v) is 9.47. The zero-order valence-corrected chi connectivity index (χ0v) is 15.7. The summed E-state index contributed by atoms with van der Waals surface area (Å²) in [6, 6.07) is 0.624. The summed E-state index contributed by atoms with van der Waals surface area (Å²) in [6.45, 7) is 13.4. The average Bonchev–Trinajstić information content (AvgIpc) is 2.46. The van der Waals surface area contributed by atoms with Crippen molar-refractivity contribution in [2.24, 2.45) is 5.92 Å². The van der Waals surface area contributed by atoms with Crippen LogP contribution in [0.1, 0.15) is 66.7 Å². The zero-order chi connectivity index (χ0) is 17.0. The highest BCUT2D eigenvalue weighted by Crippen LogP contribution is 2.29. The Balaban J connectivity index is 1.60. The number of hydrogen-bond acceptors (Lipinski definition) is 4. The molecule has 0 bridgehead atoms. The van der Waals surface area contributed by atoms with E-state index in [0.29, 0.717) is 30.6 Å². The van der Waals surface area contributed by atoms with Crippen molar-refractivity contribution in [3.63, 3.8) is 0 Å². The lowest BCUT2D eigenvalue weighted by Gasteiger charge is -2.43. The van der Waals surface area contributed by atoms with Crippen LogP contribution in [0.15, 0.2) is 0 Å². The van der Waals surface area contributed by atoms with Crippen LogP contribution in [0.5, 0.6) is 0 Å². The number of rotatable bonds is 8. The van der Waals surface area contributed by atoms with Crippen molar-refractivity contribution in [3.8, 4) is 0 Å². The Labute approximate surface area is 142 Å². The Kier molecular flexibility index (Phi) is 6.64. The van der Waals surface area contributed by atoms with E-state index in [1.165, 1.54) is 0 Å². The highest BCUT2D eigenvalue weighted by Gasteiger charge is 2.35. The van der Waals surface area contributed by atoms with E-state index < -0.39 is 0 Å². The number of ether oxygens (including phenoxy) is 1. The summed E-state index contributed by atoms with van der Waals surface area (Å²) in [4.78, 5) is 14.1. The first-order chi connectivity index (χ1) is 10.8. The molecule has 0 spiro atoms. The molecular weight excluding hydrogens is 288 g/mol. The SMILES string of the molecule is CCC(C)(C)NC1CC(OC2CCN(CC(=O)C(C)C)CC2)C1. The van der Waals surface area contributed by atoms with Crippen LogP contribution in [-0.4, -0.2) is 54.1 Å². The Morgan fingerprint density at radius 2 is 1.83 bits per heavy atom. The van der Waals surface area contributed by atoms with E-state index in [1.54, 1.807) is 0 Å². The number of hydrogen-bond donors (Lipinski definition) is 1. The van der Waals surface area contributed by atoms with Gasteiger partial charge in [-0.15, -0.1) is 0 Å². The zero-order valence-electron chi connectivity index (χ0n) is 15.7. The van der Waals surface area contributed by atoms with Crippen LogP contribution in [-0.2, 0) is 9.53 Å². The summed E-state index contributed by atoms with van der Waals surface area (Å²) in [7, 11) is 0. The summed E-state index contributed by atoms with van der Waals surface area (Å²) in [5.74, 6) is 0.506. The Hall–Kier alpha value is -0.450. The first-order valence-electron chi connectivity index (χ1n) is 9.47. The third-order valence-corrected chi connectivity index (χ3v) is 5.52. The second kappa shape index (κ2) is 8.09. The van der Waals surface area contributed by atoms with Crippen molar-refractivity contribution in [1.82, 2.24) is 10.2 Å². The molecule has 23 heavy (non-hydrogen) atoms. The van der Waals surface area contributed by atoms with Crippen molar-refractivity contribution < 1.29 is 9.53 Å². The number of nitrogens with zero attached hydrogens (tertiary/aromatic N) is 1. The highest BCUT2D eigenvalue weighted by molar-refractivity contribution is 5.82. The van der Waals surface area contributed by atoms with Crippen molar-refractivity contribution in [3.05, 3.63) is 0 Å². The lowest BCUT2D eigenvalue weighted by Crippen LogP contribution is -2.54. The molecule has 1 heterocycles. The Morgan fingerprint density at radius 3 is 2.35 bits per heavy atom. The maximum atomic E-state index is 11.8. The molecule has 0 aromatic carbocycles. The number of piperidine rings is 1. The molecule has 2 aliphatic rings. The summed E-state index contributed by atoms with van der Waals surface area (Å²) in [5.41, 5.74) is 0.240. The molecule has 4 nitrogen and oxygen atoms in total. The van der Waals surface area contributed by atoms with Gasteiger partial charge in [-0.05, 0) is 46.0 Å². The summed E-state index contributed by atoms with van der Waals surface area (Å²) in [6.07, 6.45) is 6.42. The second-order valence-electron chi connectivity index (χ2n) is 8.40. The summed E-state index contributed by atoms with van der Waals surface area (Å²) in [5, 5.41) is 3.72. The van der Waals surface area contributed by atoms with Gasteiger partial charge in [-0.25, -0.2) is 0 Å². The third kappa shape index (κ3) is 5.84. The number of nitrogens with one attached hydrogen (secondary N) is 1. The Morgan fingerprint density at radius 1 is 1.22 bits per heavy atom. The van der Waals surface area contributed by atoms with Gasteiger partial charge in [0.05, 0.1) is 18.8 Å². The molecule has 0 radical (unpaired) electrons. The van der Waals surface area contributed by atoms with E-state index in [4.69, 9.17) is 4.74 Å². The largest absolute Gasteiger partial charge is 0.375 e. The second-order valence-corrected chi connectivity index (χ2v) is 8.40.